The largest absolute Gasteiger partial charge is 0.497 e. The summed E-state index contributed by atoms with van der Waals surface area (Å²) in [4.78, 5) is 4.55. The molecule has 0 amide bonds. The van der Waals surface area contributed by atoms with Crippen LogP contribution in [0.5, 0.6) is 5.75 Å². The van der Waals surface area contributed by atoms with Crippen molar-refractivity contribution in [2.45, 2.75) is 39.2 Å². The molecule has 6 nitrogen and oxygen atoms in total. The maximum absolute atomic E-state index is 9.34. The standard InChI is InChI=1S/C17H24N4O2/c1-4-14-15(5-2)20-21-17(18-14)19-16(10-11-22)12-6-8-13(23-3)9-7-12/h6-9,16,22H,4-5,10-11H2,1-3H3,(H,18,19,21). The van der Waals surface area contributed by atoms with Crippen LogP contribution in [0.2, 0.25) is 0 Å². The SMILES string of the molecule is CCc1nnc(NC(CCO)c2ccc(OC)cc2)nc1CC. The summed E-state index contributed by atoms with van der Waals surface area (Å²) in [5, 5.41) is 21.0. The highest BCUT2D eigenvalue weighted by atomic mass is 16.5. The molecule has 0 aliphatic heterocycles. The van der Waals surface area contributed by atoms with Crippen LogP contribution in [0, 0.1) is 0 Å². The highest BCUT2D eigenvalue weighted by molar-refractivity contribution is 5.35. The van der Waals surface area contributed by atoms with Gasteiger partial charge >= 0.3 is 0 Å². The molecule has 0 fully saturated rings. The van der Waals surface area contributed by atoms with Crippen molar-refractivity contribution < 1.29 is 9.84 Å². The molecule has 1 heterocycles. The zero-order chi connectivity index (χ0) is 16.7. The van der Waals surface area contributed by atoms with Gasteiger partial charge in [0.05, 0.1) is 24.5 Å². The van der Waals surface area contributed by atoms with E-state index in [1.165, 1.54) is 0 Å². The van der Waals surface area contributed by atoms with E-state index in [9.17, 15) is 5.11 Å². The molecule has 0 radical (unpaired) electrons. The van der Waals surface area contributed by atoms with Crippen LogP contribution >= 0.6 is 0 Å². The molecule has 1 unspecified atom stereocenters. The first kappa shape index (κ1) is 17.1. The summed E-state index contributed by atoms with van der Waals surface area (Å²) in [6.45, 7) is 4.18. The number of aromatic nitrogens is 3. The number of methoxy groups -OCH3 is 1. The molecule has 23 heavy (non-hydrogen) atoms. The van der Waals surface area contributed by atoms with Crippen molar-refractivity contribution in [3.8, 4) is 5.75 Å². The molecule has 0 saturated carbocycles. The minimum absolute atomic E-state index is 0.0742. The van der Waals surface area contributed by atoms with Crippen LogP contribution in [0.4, 0.5) is 5.95 Å². The molecule has 2 N–H and O–H groups in total. The summed E-state index contributed by atoms with van der Waals surface area (Å²) in [6, 6.07) is 7.67. The Hall–Kier alpha value is -2.21. The van der Waals surface area contributed by atoms with E-state index in [2.05, 4.69) is 27.4 Å². The molecule has 0 spiro atoms. The van der Waals surface area contributed by atoms with Gasteiger partial charge in [-0.3, -0.25) is 0 Å². The smallest absolute Gasteiger partial charge is 0.243 e. The van der Waals surface area contributed by atoms with E-state index in [1.54, 1.807) is 7.11 Å². The zero-order valence-electron chi connectivity index (χ0n) is 13.9. The molecule has 124 valence electrons. The van der Waals surface area contributed by atoms with Gasteiger partial charge in [0.2, 0.25) is 5.95 Å². The average Bonchev–Trinajstić information content (AvgIpc) is 2.61. The maximum atomic E-state index is 9.34. The molecule has 1 aromatic carbocycles. The number of nitrogens with zero attached hydrogens (tertiary/aromatic N) is 3. The van der Waals surface area contributed by atoms with Crippen molar-refractivity contribution in [1.29, 1.82) is 0 Å². The fraction of sp³-hybridized carbons (Fsp3) is 0.471. The number of benzene rings is 1. The molecule has 2 aromatic rings. The van der Waals surface area contributed by atoms with Crippen LogP contribution in [-0.2, 0) is 12.8 Å². The second-order valence-electron chi connectivity index (χ2n) is 5.22. The van der Waals surface area contributed by atoms with Gasteiger partial charge in [0.15, 0.2) is 0 Å². The Labute approximate surface area is 136 Å². The van der Waals surface area contributed by atoms with E-state index in [1.807, 2.05) is 31.2 Å². The molecule has 2 rings (SSSR count). The van der Waals surface area contributed by atoms with E-state index in [4.69, 9.17) is 4.74 Å². The predicted molar refractivity (Wildman–Crippen MR) is 89.6 cm³/mol. The number of aryl methyl sites for hydroxylation is 2. The van der Waals surface area contributed by atoms with Crippen LogP contribution in [0.25, 0.3) is 0 Å². The van der Waals surface area contributed by atoms with Crippen LogP contribution in [0.15, 0.2) is 24.3 Å². The highest BCUT2D eigenvalue weighted by Crippen LogP contribution is 2.23. The topological polar surface area (TPSA) is 80.2 Å². The molecule has 6 heteroatoms. The summed E-state index contributed by atoms with van der Waals surface area (Å²) < 4.78 is 5.18. The molecular weight excluding hydrogens is 292 g/mol. The number of anilines is 1. The van der Waals surface area contributed by atoms with Crippen molar-refractivity contribution in [2.75, 3.05) is 19.0 Å². The van der Waals surface area contributed by atoms with E-state index < -0.39 is 0 Å². The van der Waals surface area contributed by atoms with Gasteiger partial charge in [-0.2, -0.15) is 5.10 Å². The normalized spacial score (nSPS) is 12.0. The Bertz CT molecular complexity index is 616. The second-order valence-corrected chi connectivity index (χ2v) is 5.22. The lowest BCUT2D eigenvalue weighted by Crippen LogP contribution is -2.16. The average molecular weight is 316 g/mol. The quantitative estimate of drug-likeness (QED) is 0.779. The lowest BCUT2D eigenvalue weighted by Gasteiger charge is -2.19. The van der Waals surface area contributed by atoms with E-state index in [-0.39, 0.29) is 12.6 Å². The number of ether oxygens (including phenoxy) is 1. The van der Waals surface area contributed by atoms with E-state index >= 15 is 0 Å². The monoisotopic (exact) mass is 316 g/mol. The Morgan fingerprint density at radius 3 is 2.35 bits per heavy atom. The van der Waals surface area contributed by atoms with Gasteiger partial charge in [-0.25, -0.2) is 4.98 Å². The third-order valence-electron chi connectivity index (χ3n) is 3.75. The van der Waals surface area contributed by atoms with Crippen molar-refractivity contribution in [2.24, 2.45) is 0 Å². The Kier molecular flexibility index (Phi) is 6.29. The first-order chi connectivity index (χ1) is 11.2. The van der Waals surface area contributed by atoms with Gasteiger partial charge in [0, 0.05) is 6.61 Å². The number of rotatable bonds is 8. The fourth-order valence-corrected chi connectivity index (χ4v) is 2.44. The second kappa shape index (κ2) is 8.43. The van der Waals surface area contributed by atoms with E-state index in [0.29, 0.717) is 12.4 Å². The van der Waals surface area contributed by atoms with Gasteiger partial charge in [-0.15, -0.1) is 5.10 Å². The van der Waals surface area contributed by atoms with Gasteiger partial charge < -0.3 is 15.2 Å². The molecule has 0 aliphatic carbocycles. The number of aliphatic hydroxyl groups excluding tert-OH is 1. The van der Waals surface area contributed by atoms with Crippen molar-refractivity contribution >= 4 is 5.95 Å². The molecule has 0 bridgehead atoms. The number of hydrogen-bond donors (Lipinski definition) is 2. The van der Waals surface area contributed by atoms with Crippen LogP contribution in [0.1, 0.15) is 43.3 Å². The number of hydrogen-bond acceptors (Lipinski definition) is 6. The van der Waals surface area contributed by atoms with Crippen molar-refractivity contribution in [3.63, 3.8) is 0 Å². The van der Waals surface area contributed by atoms with Crippen LogP contribution in [-0.4, -0.2) is 34.0 Å². The first-order valence-electron chi connectivity index (χ1n) is 7.95. The molecular formula is C17H24N4O2. The molecule has 0 aliphatic rings. The van der Waals surface area contributed by atoms with Gasteiger partial charge in [0.25, 0.3) is 0 Å². The molecule has 1 aromatic heterocycles. The van der Waals surface area contributed by atoms with E-state index in [0.717, 1.165) is 35.5 Å². The highest BCUT2D eigenvalue weighted by Gasteiger charge is 2.14. The zero-order valence-corrected chi connectivity index (χ0v) is 13.9. The lowest BCUT2D eigenvalue weighted by atomic mass is 10.0. The Morgan fingerprint density at radius 2 is 1.78 bits per heavy atom. The minimum atomic E-state index is -0.0788. The lowest BCUT2D eigenvalue weighted by molar-refractivity contribution is 0.279. The maximum Gasteiger partial charge on any atom is 0.243 e. The number of aliphatic hydroxyl groups is 1. The first-order valence-corrected chi connectivity index (χ1v) is 7.95. The van der Waals surface area contributed by atoms with Gasteiger partial charge in [0.1, 0.15) is 5.75 Å². The molecule has 1 atom stereocenters. The summed E-state index contributed by atoms with van der Waals surface area (Å²) in [6.07, 6.45) is 2.20. The summed E-state index contributed by atoms with van der Waals surface area (Å²) >= 11 is 0. The third kappa shape index (κ3) is 4.39. The Balaban J connectivity index is 2.21. The van der Waals surface area contributed by atoms with Gasteiger partial charge in [-0.1, -0.05) is 26.0 Å². The van der Waals surface area contributed by atoms with Crippen LogP contribution in [0.3, 0.4) is 0 Å². The minimum Gasteiger partial charge on any atom is -0.497 e. The summed E-state index contributed by atoms with van der Waals surface area (Å²) in [5.74, 6) is 1.29. The fourth-order valence-electron chi connectivity index (χ4n) is 2.44. The van der Waals surface area contributed by atoms with Crippen molar-refractivity contribution in [1.82, 2.24) is 15.2 Å². The third-order valence-corrected chi connectivity index (χ3v) is 3.75. The molecule has 0 saturated heterocycles. The Morgan fingerprint density at radius 1 is 1.09 bits per heavy atom. The summed E-state index contributed by atoms with van der Waals surface area (Å²) in [7, 11) is 1.64. The van der Waals surface area contributed by atoms with Gasteiger partial charge in [-0.05, 0) is 37.0 Å². The summed E-state index contributed by atoms with van der Waals surface area (Å²) in [5.41, 5.74) is 2.93. The van der Waals surface area contributed by atoms with Crippen LogP contribution < -0.4 is 10.1 Å². The number of nitrogens with one attached hydrogen (secondary N) is 1. The van der Waals surface area contributed by atoms with Crippen molar-refractivity contribution in [3.05, 3.63) is 41.2 Å². The predicted octanol–water partition coefficient (Wildman–Crippen LogP) is 2.54.